The summed E-state index contributed by atoms with van der Waals surface area (Å²) in [6.45, 7) is 7.91. The number of hydrogen-bond acceptors (Lipinski definition) is 2. The first-order chi connectivity index (χ1) is 7.11. The summed E-state index contributed by atoms with van der Waals surface area (Å²) in [7, 11) is 0. The number of benzene rings is 1. The topological polar surface area (TPSA) is 12.0 Å². The van der Waals surface area contributed by atoms with E-state index in [1.165, 1.54) is 0 Å². The van der Waals surface area contributed by atoms with Gasteiger partial charge in [0.1, 0.15) is 5.82 Å². The van der Waals surface area contributed by atoms with Crippen LogP contribution >= 0.6 is 11.8 Å². The van der Waals surface area contributed by atoms with Crippen LogP contribution in [0.4, 0.5) is 4.39 Å². The third kappa shape index (κ3) is 4.67. The van der Waals surface area contributed by atoms with Gasteiger partial charge in [-0.1, -0.05) is 20.8 Å². The lowest BCUT2D eigenvalue weighted by molar-refractivity contribution is 0.617. The molecular weight excluding hydrogens is 209 g/mol. The Kier molecular flexibility index (Phi) is 5.12. The lowest BCUT2D eigenvalue weighted by atomic mass is 10.2. The fourth-order valence-corrected chi connectivity index (χ4v) is 2.28. The fourth-order valence-electron chi connectivity index (χ4n) is 1.33. The van der Waals surface area contributed by atoms with E-state index in [2.05, 4.69) is 25.2 Å². The van der Waals surface area contributed by atoms with E-state index in [1.54, 1.807) is 23.9 Å². The van der Waals surface area contributed by atoms with Gasteiger partial charge in [0, 0.05) is 16.7 Å². The average molecular weight is 227 g/mol. The van der Waals surface area contributed by atoms with Gasteiger partial charge in [0.2, 0.25) is 0 Å². The molecule has 0 unspecified atom stereocenters. The van der Waals surface area contributed by atoms with Crippen molar-refractivity contribution in [2.45, 2.75) is 37.5 Å². The maximum Gasteiger partial charge on any atom is 0.124 e. The van der Waals surface area contributed by atoms with Gasteiger partial charge < -0.3 is 5.32 Å². The van der Waals surface area contributed by atoms with Gasteiger partial charge >= 0.3 is 0 Å². The predicted molar refractivity (Wildman–Crippen MR) is 64.8 cm³/mol. The first-order valence-electron chi connectivity index (χ1n) is 5.28. The Bertz CT molecular complexity index is 312. The van der Waals surface area contributed by atoms with Gasteiger partial charge in [0.25, 0.3) is 0 Å². The van der Waals surface area contributed by atoms with E-state index in [0.717, 1.165) is 23.5 Å². The smallest absolute Gasteiger partial charge is 0.124 e. The minimum atomic E-state index is -0.145. The Balaban J connectivity index is 2.75. The molecule has 1 aromatic rings. The van der Waals surface area contributed by atoms with Gasteiger partial charge in [-0.2, -0.15) is 0 Å². The lowest BCUT2D eigenvalue weighted by Gasteiger charge is -2.08. The summed E-state index contributed by atoms with van der Waals surface area (Å²) in [6, 6.07) is 5.24. The monoisotopic (exact) mass is 227 g/mol. The summed E-state index contributed by atoms with van der Waals surface area (Å²) in [5, 5.41) is 3.68. The molecule has 0 saturated carbocycles. The molecule has 1 rings (SSSR count). The zero-order chi connectivity index (χ0) is 11.3. The molecule has 0 fully saturated rings. The van der Waals surface area contributed by atoms with Crippen molar-refractivity contribution >= 4 is 11.8 Å². The van der Waals surface area contributed by atoms with Crippen LogP contribution in [-0.4, -0.2) is 11.8 Å². The first-order valence-corrected chi connectivity index (χ1v) is 6.16. The second-order valence-electron chi connectivity index (χ2n) is 3.74. The quantitative estimate of drug-likeness (QED) is 0.773. The molecule has 0 aliphatic rings. The van der Waals surface area contributed by atoms with Gasteiger partial charge in [-0.3, -0.25) is 0 Å². The van der Waals surface area contributed by atoms with Crippen LogP contribution in [-0.2, 0) is 6.54 Å². The molecule has 0 aliphatic heterocycles. The number of hydrogen-bond donors (Lipinski definition) is 1. The molecule has 0 radical (unpaired) electrons. The zero-order valence-electron chi connectivity index (χ0n) is 9.51. The SMILES string of the molecule is CCNCc1cc(F)cc(SC(C)C)c1. The van der Waals surface area contributed by atoms with Crippen LogP contribution in [0, 0.1) is 5.82 Å². The summed E-state index contributed by atoms with van der Waals surface area (Å²) >= 11 is 1.69. The summed E-state index contributed by atoms with van der Waals surface area (Å²) < 4.78 is 13.3. The zero-order valence-corrected chi connectivity index (χ0v) is 10.3. The average Bonchev–Trinajstić information content (AvgIpc) is 2.12. The molecule has 1 aromatic carbocycles. The van der Waals surface area contributed by atoms with Crippen LogP contribution in [0.15, 0.2) is 23.1 Å². The largest absolute Gasteiger partial charge is 0.313 e. The molecule has 0 saturated heterocycles. The van der Waals surface area contributed by atoms with Crippen molar-refractivity contribution < 1.29 is 4.39 Å². The van der Waals surface area contributed by atoms with Crippen LogP contribution < -0.4 is 5.32 Å². The van der Waals surface area contributed by atoms with Crippen molar-refractivity contribution in [2.24, 2.45) is 0 Å². The Morgan fingerprint density at radius 1 is 1.33 bits per heavy atom. The van der Waals surface area contributed by atoms with Gasteiger partial charge in [-0.05, 0) is 30.3 Å². The van der Waals surface area contributed by atoms with Crippen LogP contribution in [0.3, 0.4) is 0 Å². The number of nitrogens with one attached hydrogen (secondary N) is 1. The number of rotatable bonds is 5. The summed E-state index contributed by atoms with van der Waals surface area (Å²) in [5.41, 5.74) is 1.01. The minimum Gasteiger partial charge on any atom is -0.313 e. The van der Waals surface area contributed by atoms with Crippen molar-refractivity contribution in [1.82, 2.24) is 5.32 Å². The normalized spacial score (nSPS) is 11.0. The lowest BCUT2D eigenvalue weighted by Crippen LogP contribution is -2.11. The Morgan fingerprint density at radius 3 is 2.67 bits per heavy atom. The minimum absolute atomic E-state index is 0.145. The molecule has 0 aromatic heterocycles. The molecule has 0 bridgehead atoms. The number of thioether (sulfide) groups is 1. The molecule has 0 atom stereocenters. The molecule has 3 heteroatoms. The van der Waals surface area contributed by atoms with Gasteiger partial charge in [0.05, 0.1) is 0 Å². The van der Waals surface area contributed by atoms with Crippen molar-refractivity contribution in [2.75, 3.05) is 6.54 Å². The van der Waals surface area contributed by atoms with Crippen molar-refractivity contribution in [3.8, 4) is 0 Å². The van der Waals surface area contributed by atoms with Crippen molar-refractivity contribution in [3.05, 3.63) is 29.6 Å². The predicted octanol–water partition coefficient (Wildman–Crippen LogP) is 3.44. The van der Waals surface area contributed by atoms with Crippen molar-refractivity contribution in [1.29, 1.82) is 0 Å². The van der Waals surface area contributed by atoms with Crippen LogP contribution in [0.5, 0.6) is 0 Å². The second-order valence-corrected chi connectivity index (χ2v) is 5.39. The van der Waals surface area contributed by atoms with Crippen molar-refractivity contribution in [3.63, 3.8) is 0 Å². The fraction of sp³-hybridized carbons (Fsp3) is 0.500. The highest BCUT2D eigenvalue weighted by Crippen LogP contribution is 2.24. The summed E-state index contributed by atoms with van der Waals surface area (Å²) in [6.07, 6.45) is 0. The van der Waals surface area contributed by atoms with Crippen LogP contribution in [0.2, 0.25) is 0 Å². The highest BCUT2D eigenvalue weighted by atomic mass is 32.2. The molecular formula is C12H18FNS. The summed E-state index contributed by atoms with van der Waals surface area (Å²) in [4.78, 5) is 1.01. The molecule has 0 spiro atoms. The summed E-state index contributed by atoms with van der Waals surface area (Å²) in [5.74, 6) is -0.145. The Morgan fingerprint density at radius 2 is 2.07 bits per heavy atom. The van der Waals surface area contributed by atoms with Crippen LogP contribution in [0.1, 0.15) is 26.3 Å². The third-order valence-electron chi connectivity index (χ3n) is 1.88. The molecule has 0 heterocycles. The molecule has 84 valence electrons. The second kappa shape index (κ2) is 6.13. The maximum atomic E-state index is 13.3. The van der Waals surface area contributed by atoms with E-state index in [1.807, 2.05) is 6.92 Å². The van der Waals surface area contributed by atoms with E-state index >= 15 is 0 Å². The highest BCUT2D eigenvalue weighted by Gasteiger charge is 2.03. The third-order valence-corrected chi connectivity index (χ3v) is 2.86. The Labute approximate surface area is 95.5 Å². The highest BCUT2D eigenvalue weighted by molar-refractivity contribution is 7.99. The van der Waals surface area contributed by atoms with Crippen LogP contribution in [0.25, 0.3) is 0 Å². The molecule has 0 amide bonds. The Hall–Kier alpha value is -0.540. The van der Waals surface area contributed by atoms with E-state index in [9.17, 15) is 4.39 Å². The van der Waals surface area contributed by atoms with E-state index in [4.69, 9.17) is 0 Å². The molecule has 1 N–H and O–H groups in total. The maximum absolute atomic E-state index is 13.3. The number of halogens is 1. The molecule has 1 nitrogen and oxygen atoms in total. The van der Waals surface area contributed by atoms with Gasteiger partial charge in [-0.15, -0.1) is 11.8 Å². The standard InChI is InChI=1S/C12H18FNS/c1-4-14-8-10-5-11(13)7-12(6-10)15-9(2)3/h5-7,9,14H,4,8H2,1-3H3. The van der Waals surface area contributed by atoms with E-state index in [0.29, 0.717) is 5.25 Å². The van der Waals surface area contributed by atoms with Gasteiger partial charge in [-0.25, -0.2) is 4.39 Å². The molecule has 15 heavy (non-hydrogen) atoms. The molecule has 0 aliphatic carbocycles. The van der Waals surface area contributed by atoms with E-state index < -0.39 is 0 Å². The first kappa shape index (κ1) is 12.5. The van der Waals surface area contributed by atoms with Gasteiger partial charge in [0.15, 0.2) is 0 Å². The van der Waals surface area contributed by atoms with E-state index in [-0.39, 0.29) is 5.82 Å².